The molecule has 2 N–H and O–H groups in total. The minimum absolute atomic E-state index is 0.230. The first-order chi connectivity index (χ1) is 12.7. The van der Waals surface area contributed by atoms with Gasteiger partial charge in [0.05, 0.1) is 17.6 Å². The molecule has 158 valence electrons. The van der Waals surface area contributed by atoms with Crippen LogP contribution in [0.15, 0.2) is 18.3 Å². The second kappa shape index (κ2) is 7.46. The molecule has 2 rings (SSSR count). The summed E-state index contributed by atoms with van der Waals surface area (Å²) in [6.07, 6.45) is -4.71. The van der Waals surface area contributed by atoms with Crippen LogP contribution in [0.5, 0.6) is 0 Å². The highest BCUT2D eigenvalue weighted by Crippen LogP contribution is 2.40. The van der Waals surface area contributed by atoms with Gasteiger partial charge in [-0.05, 0) is 30.4 Å². The lowest BCUT2D eigenvalue weighted by Crippen LogP contribution is -2.62. The van der Waals surface area contributed by atoms with Crippen molar-refractivity contribution in [3.8, 4) is 0 Å². The van der Waals surface area contributed by atoms with Gasteiger partial charge in [0.2, 0.25) is 0 Å². The van der Waals surface area contributed by atoms with Gasteiger partial charge in [0.1, 0.15) is 5.69 Å². The van der Waals surface area contributed by atoms with Crippen molar-refractivity contribution < 1.29 is 31.9 Å². The Kier molecular flexibility index (Phi) is 5.94. The van der Waals surface area contributed by atoms with E-state index in [-0.39, 0.29) is 13.1 Å². The van der Waals surface area contributed by atoms with E-state index in [4.69, 9.17) is 5.11 Å². The van der Waals surface area contributed by atoms with Gasteiger partial charge in [-0.2, -0.15) is 22.0 Å². The van der Waals surface area contributed by atoms with Crippen molar-refractivity contribution in [2.75, 3.05) is 19.6 Å². The van der Waals surface area contributed by atoms with Gasteiger partial charge in [-0.3, -0.25) is 9.88 Å². The molecule has 0 atom stereocenters. The van der Waals surface area contributed by atoms with Crippen molar-refractivity contribution in [2.24, 2.45) is 5.41 Å². The summed E-state index contributed by atoms with van der Waals surface area (Å²) >= 11 is 0. The Hall–Kier alpha value is -1.97. The summed E-state index contributed by atoms with van der Waals surface area (Å²) in [6.45, 7) is 5.43. The van der Waals surface area contributed by atoms with Crippen molar-refractivity contribution in [3.63, 3.8) is 0 Å². The van der Waals surface area contributed by atoms with Crippen molar-refractivity contribution in [1.29, 1.82) is 0 Å². The number of alkyl halides is 5. The first kappa shape index (κ1) is 22.3. The Morgan fingerprint density at radius 2 is 1.75 bits per heavy atom. The molecule has 1 fully saturated rings. The molecule has 2 heterocycles. The predicted molar refractivity (Wildman–Crippen MR) is 92.2 cm³/mol. The van der Waals surface area contributed by atoms with Gasteiger partial charge in [0, 0.05) is 19.3 Å². The van der Waals surface area contributed by atoms with Crippen LogP contribution in [0.1, 0.15) is 44.9 Å². The molecule has 1 aromatic rings. The molecule has 0 radical (unpaired) electrons. The zero-order valence-corrected chi connectivity index (χ0v) is 15.9. The zero-order chi connectivity index (χ0) is 21.4. The molecule has 0 saturated carbocycles. The fraction of sp³-hybridized carbons (Fsp3) is 0.667. The maximum absolute atomic E-state index is 14.5. The Balaban J connectivity index is 2.07. The van der Waals surface area contributed by atoms with Crippen LogP contribution in [-0.4, -0.2) is 46.3 Å². The molecule has 0 unspecified atom stereocenters. The lowest BCUT2D eigenvalue weighted by molar-refractivity contribution is -0.138. The molecule has 1 aliphatic rings. The third-order valence-corrected chi connectivity index (χ3v) is 5.38. The number of hydrogen-bond donors (Lipinski definition) is 2. The Labute approximate surface area is 159 Å². The highest BCUT2D eigenvalue weighted by atomic mass is 19.4. The van der Waals surface area contributed by atoms with Gasteiger partial charge < -0.3 is 10.4 Å². The average Bonchev–Trinajstić information content (AvgIpc) is 2.54. The smallest absolute Gasteiger partial charge is 0.417 e. The Bertz CT molecular complexity index is 691. The van der Waals surface area contributed by atoms with Crippen molar-refractivity contribution >= 4 is 6.09 Å². The fourth-order valence-electron chi connectivity index (χ4n) is 3.50. The highest BCUT2D eigenvalue weighted by molar-refractivity contribution is 5.66. The third kappa shape index (κ3) is 4.89. The summed E-state index contributed by atoms with van der Waals surface area (Å²) in [7, 11) is 0. The quantitative estimate of drug-likeness (QED) is 0.726. The van der Waals surface area contributed by atoms with Crippen LogP contribution >= 0.6 is 0 Å². The maximum atomic E-state index is 14.5. The molecule has 5 nitrogen and oxygen atoms in total. The van der Waals surface area contributed by atoms with Crippen molar-refractivity contribution in [3.05, 3.63) is 29.6 Å². The first-order valence-electron chi connectivity index (χ1n) is 8.81. The summed E-state index contributed by atoms with van der Waals surface area (Å²) in [5, 5.41) is 11.7. The van der Waals surface area contributed by atoms with Gasteiger partial charge in [-0.1, -0.05) is 20.8 Å². The second-order valence-electron chi connectivity index (χ2n) is 8.17. The molecule has 1 amide bonds. The fourth-order valence-corrected chi connectivity index (χ4v) is 3.50. The standard InChI is InChI=1S/C18H24F5N3O2/c1-15(2,3)16(25-14(27)28)6-8-26(9-7-16)11-17(19,20)13-5-4-12(10-24-13)18(21,22)23/h4-5,10,25H,6-9,11H2,1-3H3,(H,27,28). The van der Waals surface area contributed by atoms with E-state index in [2.05, 4.69) is 10.3 Å². The van der Waals surface area contributed by atoms with E-state index < -0.39 is 46.9 Å². The number of rotatable bonds is 4. The first-order valence-corrected chi connectivity index (χ1v) is 8.81. The number of carboxylic acid groups (broad SMARTS) is 1. The van der Waals surface area contributed by atoms with E-state index in [0.717, 1.165) is 0 Å². The minimum atomic E-state index is -4.64. The Morgan fingerprint density at radius 3 is 2.14 bits per heavy atom. The maximum Gasteiger partial charge on any atom is 0.417 e. The molecule has 28 heavy (non-hydrogen) atoms. The Morgan fingerprint density at radius 1 is 1.18 bits per heavy atom. The summed E-state index contributed by atoms with van der Waals surface area (Å²) in [5.74, 6) is -3.42. The van der Waals surface area contributed by atoms with Crippen LogP contribution in [0.3, 0.4) is 0 Å². The molecule has 0 aliphatic carbocycles. The molecular formula is C18H24F5N3O2. The van der Waals surface area contributed by atoms with Gasteiger partial charge >= 0.3 is 18.2 Å². The molecule has 0 spiro atoms. The van der Waals surface area contributed by atoms with Crippen molar-refractivity contribution in [1.82, 2.24) is 15.2 Å². The number of likely N-dealkylation sites (tertiary alicyclic amines) is 1. The lowest BCUT2D eigenvalue weighted by atomic mass is 9.68. The summed E-state index contributed by atoms with van der Waals surface area (Å²) < 4.78 is 66.7. The summed E-state index contributed by atoms with van der Waals surface area (Å²) in [5.41, 5.74) is -2.96. The summed E-state index contributed by atoms with van der Waals surface area (Å²) in [6, 6.07) is 1.28. The molecule has 1 saturated heterocycles. The van der Waals surface area contributed by atoms with Crippen molar-refractivity contribution in [2.45, 2.75) is 51.3 Å². The average molecular weight is 409 g/mol. The van der Waals surface area contributed by atoms with Crippen LogP contribution in [-0.2, 0) is 12.1 Å². The number of piperidine rings is 1. The molecular weight excluding hydrogens is 385 g/mol. The monoisotopic (exact) mass is 409 g/mol. The zero-order valence-electron chi connectivity index (χ0n) is 15.9. The van der Waals surface area contributed by atoms with E-state index in [9.17, 15) is 26.7 Å². The van der Waals surface area contributed by atoms with Gasteiger partial charge in [0.25, 0.3) is 0 Å². The SMILES string of the molecule is CC(C)(C)C1(NC(=O)O)CCN(CC(F)(F)c2ccc(C(F)(F)F)cn2)CC1. The van der Waals surface area contributed by atoms with Crippen LogP contribution in [0.2, 0.25) is 0 Å². The van der Waals surface area contributed by atoms with Crippen LogP contribution in [0, 0.1) is 5.41 Å². The van der Waals surface area contributed by atoms with Crippen LogP contribution < -0.4 is 5.32 Å². The summed E-state index contributed by atoms with van der Waals surface area (Å²) in [4.78, 5) is 16.0. The van der Waals surface area contributed by atoms with E-state index in [1.165, 1.54) is 4.90 Å². The normalized spacial score (nSPS) is 18.7. The number of pyridine rings is 1. The van der Waals surface area contributed by atoms with Gasteiger partial charge in [-0.15, -0.1) is 0 Å². The van der Waals surface area contributed by atoms with Gasteiger partial charge in [-0.25, -0.2) is 4.79 Å². The van der Waals surface area contributed by atoms with E-state index in [1.54, 1.807) is 0 Å². The largest absolute Gasteiger partial charge is 0.465 e. The second-order valence-corrected chi connectivity index (χ2v) is 8.17. The number of nitrogens with zero attached hydrogens (tertiary/aromatic N) is 2. The van der Waals surface area contributed by atoms with E-state index in [0.29, 0.717) is 31.2 Å². The van der Waals surface area contributed by atoms with Gasteiger partial charge in [0.15, 0.2) is 0 Å². The highest BCUT2D eigenvalue weighted by Gasteiger charge is 2.47. The minimum Gasteiger partial charge on any atom is -0.465 e. The number of aromatic nitrogens is 1. The molecule has 0 bridgehead atoms. The molecule has 10 heteroatoms. The van der Waals surface area contributed by atoms with Crippen LogP contribution in [0.25, 0.3) is 0 Å². The number of amides is 1. The number of halogens is 5. The number of carbonyl (C=O) groups is 1. The topological polar surface area (TPSA) is 65.5 Å². The van der Waals surface area contributed by atoms with E-state index >= 15 is 0 Å². The van der Waals surface area contributed by atoms with Crippen LogP contribution in [0.4, 0.5) is 26.7 Å². The third-order valence-electron chi connectivity index (χ3n) is 5.38. The lowest BCUT2D eigenvalue weighted by Gasteiger charge is -2.50. The van der Waals surface area contributed by atoms with E-state index in [1.807, 2.05) is 20.8 Å². The molecule has 1 aliphatic heterocycles. The molecule has 1 aromatic heterocycles. The predicted octanol–water partition coefficient (Wildman–Crippen LogP) is 4.34. The number of hydrogen-bond acceptors (Lipinski definition) is 3. The number of nitrogens with one attached hydrogen (secondary N) is 1. The molecule has 0 aromatic carbocycles.